The number of hydrogen-bond acceptors (Lipinski definition) is 3. The highest BCUT2D eigenvalue weighted by atomic mass is 16.6. The smallest absolute Gasteiger partial charge is 0.0970 e. The van der Waals surface area contributed by atoms with Crippen LogP contribution in [0.15, 0.2) is 30.3 Å². The van der Waals surface area contributed by atoms with Crippen LogP contribution in [0.1, 0.15) is 24.8 Å². The third-order valence-electron chi connectivity index (χ3n) is 4.26. The van der Waals surface area contributed by atoms with Gasteiger partial charge in [0, 0.05) is 12.5 Å². The van der Waals surface area contributed by atoms with E-state index in [1.54, 1.807) is 0 Å². The van der Waals surface area contributed by atoms with E-state index in [1.165, 1.54) is 5.56 Å². The van der Waals surface area contributed by atoms with Crippen molar-refractivity contribution >= 4 is 0 Å². The summed E-state index contributed by atoms with van der Waals surface area (Å²) in [6, 6.07) is 10.2. The van der Waals surface area contributed by atoms with Gasteiger partial charge in [-0.15, -0.1) is 0 Å². The topological polar surface area (TPSA) is 38.7 Å². The molecule has 0 unspecified atom stereocenters. The largest absolute Gasteiger partial charge is 0.396 e. The summed E-state index contributed by atoms with van der Waals surface area (Å²) >= 11 is 0. The molecule has 3 heteroatoms. The summed E-state index contributed by atoms with van der Waals surface area (Å²) < 4.78 is 11.8. The molecule has 18 heavy (non-hydrogen) atoms. The average Bonchev–Trinajstić information content (AvgIpc) is 2.97. The highest BCUT2D eigenvalue weighted by Crippen LogP contribution is 2.47. The van der Waals surface area contributed by atoms with Gasteiger partial charge in [0.05, 0.1) is 24.9 Å². The molecule has 2 bridgehead atoms. The van der Waals surface area contributed by atoms with Crippen molar-refractivity contribution in [3.05, 3.63) is 35.9 Å². The Balaban J connectivity index is 1.56. The zero-order chi connectivity index (χ0) is 12.4. The summed E-state index contributed by atoms with van der Waals surface area (Å²) in [5.74, 6) is 0.257. The van der Waals surface area contributed by atoms with Crippen LogP contribution in [0.25, 0.3) is 0 Å². The third kappa shape index (κ3) is 2.18. The molecule has 2 aliphatic rings. The molecule has 2 fully saturated rings. The van der Waals surface area contributed by atoms with Crippen molar-refractivity contribution in [3.63, 3.8) is 0 Å². The van der Waals surface area contributed by atoms with Gasteiger partial charge in [-0.3, -0.25) is 0 Å². The number of fused-ring (bicyclic) bond motifs is 2. The van der Waals surface area contributed by atoms with Crippen molar-refractivity contribution in [1.29, 1.82) is 0 Å². The molecule has 1 N–H and O–H groups in total. The molecule has 98 valence electrons. The lowest BCUT2D eigenvalue weighted by Crippen LogP contribution is -2.40. The molecular formula is C15H20O3. The summed E-state index contributed by atoms with van der Waals surface area (Å²) in [5, 5.41) is 9.43. The zero-order valence-electron chi connectivity index (χ0n) is 10.5. The summed E-state index contributed by atoms with van der Waals surface area (Å²) in [6.07, 6.45) is 3.48. The fourth-order valence-electron chi connectivity index (χ4n) is 3.23. The van der Waals surface area contributed by atoms with Gasteiger partial charge in [0.15, 0.2) is 0 Å². The van der Waals surface area contributed by atoms with Crippen LogP contribution in [0.5, 0.6) is 0 Å². The molecular weight excluding hydrogens is 228 g/mol. The lowest BCUT2D eigenvalue weighted by Gasteiger charge is -2.31. The second kappa shape index (κ2) is 5.00. The van der Waals surface area contributed by atoms with Crippen LogP contribution in [0.2, 0.25) is 0 Å². The second-order valence-electron chi connectivity index (χ2n) is 5.44. The molecule has 3 rings (SSSR count). The number of aliphatic hydroxyl groups is 1. The Hall–Kier alpha value is -0.900. The van der Waals surface area contributed by atoms with E-state index in [1.807, 2.05) is 18.2 Å². The Morgan fingerprint density at radius 1 is 1.33 bits per heavy atom. The van der Waals surface area contributed by atoms with Gasteiger partial charge in [0.25, 0.3) is 0 Å². The molecule has 0 aromatic heterocycles. The van der Waals surface area contributed by atoms with Crippen molar-refractivity contribution in [2.24, 2.45) is 5.92 Å². The monoisotopic (exact) mass is 248 g/mol. The SMILES string of the molecule is OC[C@H]1C[C@@H]2CC[C@@]1(COCc1ccccc1)O2. The minimum atomic E-state index is -0.214. The van der Waals surface area contributed by atoms with Crippen LogP contribution in [-0.4, -0.2) is 30.0 Å². The first kappa shape index (κ1) is 12.2. The molecule has 3 atom stereocenters. The van der Waals surface area contributed by atoms with E-state index in [-0.39, 0.29) is 18.1 Å². The predicted molar refractivity (Wildman–Crippen MR) is 68.1 cm³/mol. The molecule has 0 saturated carbocycles. The first-order valence-corrected chi connectivity index (χ1v) is 6.73. The Labute approximate surface area is 108 Å². The van der Waals surface area contributed by atoms with E-state index in [9.17, 15) is 5.11 Å². The van der Waals surface area contributed by atoms with Crippen molar-refractivity contribution in [1.82, 2.24) is 0 Å². The van der Waals surface area contributed by atoms with Gasteiger partial charge in [-0.1, -0.05) is 30.3 Å². The second-order valence-corrected chi connectivity index (χ2v) is 5.44. The lowest BCUT2D eigenvalue weighted by atomic mass is 9.79. The highest BCUT2D eigenvalue weighted by Gasteiger charge is 2.53. The summed E-state index contributed by atoms with van der Waals surface area (Å²) in [7, 11) is 0. The number of benzene rings is 1. The summed E-state index contributed by atoms with van der Waals surface area (Å²) in [5.41, 5.74) is 0.968. The van der Waals surface area contributed by atoms with Crippen LogP contribution in [0.3, 0.4) is 0 Å². The maximum Gasteiger partial charge on any atom is 0.0970 e. The third-order valence-corrected chi connectivity index (χ3v) is 4.26. The van der Waals surface area contributed by atoms with E-state index in [4.69, 9.17) is 9.47 Å². The van der Waals surface area contributed by atoms with E-state index >= 15 is 0 Å². The van der Waals surface area contributed by atoms with Gasteiger partial charge in [0.1, 0.15) is 0 Å². The van der Waals surface area contributed by atoms with Crippen molar-refractivity contribution < 1.29 is 14.6 Å². The van der Waals surface area contributed by atoms with Gasteiger partial charge in [0.2, 0.25) is 0 Å². The molecule has 0 amide bonds. The molecule has 1 aromatic carbocycles. The van der Waals surface area contributed by atoms with E-state index in [0.717, 1.165) is 19.3 Å². The predicted octanol–water partition coefficient (Wildman–Crippen LogP) is 2.13. The maximum atomic E-state index is 9.43. The Morgan fingerprint density at radius 2 is 2.17 bits per heavy atom. The molecule has 2 saturated heterocycles. The number of aliphatic hydroxyl groups excluding tert-OH is 1. The van der Waals surface area contributed by atoms with E-state index in [2.05, 4.69) is 12.1 Å². The molecule has 0 radical (unpaired) electrons. The van der Waals surface area contributed by atoms with Crippen LogP contribution in [0, 0.1) is 5.92 Å². The van der Waals surface area contributed by atoms with Crippen molar-refractivity contribution in [2.75, 3.05) is 13.2 Å². The van der Waals surface area contributed by atoms with Crippen LogP contribution in [0.4, 0.5) is 0 Å². The molecule has 0 aliphatic carbocycles. The Kier molecular flexibility index (Phi) is 3.37. The zero-order valence-corrected chi connectivity index (χ0v) is 10.5. The van der Waals surface area contributed by atoms with Crippen molar-refractivity contribution in [3.8, 4) is 0 Å². The minimum Gasteiger partial charge on any atom is -0.396 e. The first-order valence-electron chi connectivity index (χ1n) is 6.73. The van der Waals surface area contributed by atoms with Gasteiger partial charge < -0.3 is 14.6 Å². The normalized spacial score (nSPS) is 34.1. The van der Waals surface area contributed by atoms with E-state index < -0.39 is 0 Å². The molecule has 3 nitrogen and oxygen atoms in total. The molecule has 0 spiro atoms. The van der Waals surface area contributed by atoms with Crippen LogP contribution >= 0.6 is 0 Å². The quantitative estimate of drug-likeness (QED) is 0.867. The minimum absolute atomic E-state index is 0.213. The standard InChI is InChI=1S/C15H20O3/c16-9-13-8-14-6-7-15(13,18-14)11-17-10-12-4-2-1-3-5-12/h1-5,13-14,16H,6-11H2/t13-,14+,15+/m1/s1. The highest BCUT2D eigenvalue weighted by molar-refractivity contribution is 5.13. The van der Waals surface area contributed by atoms with Crippen LogP contribution < -0.4 is 0 Å². The summed E-state index contributed by atoms with van der Waals surface area (Å²) in [6.45, 7) is 1.43. The number of hydrogen-bond donors (Lipinski definition) is 1. The maximum absolute atomic E-state index is 9.43. The summed E-state index contributed by atoms with van der Waals surface area (Å²) in [4.78, 5) is 0. The van der Waals surface area contributed by atoms with Gasteiger partial charge >= 0.3 is 0 Å². The number of rotatable bonds is 5. The van der Waals surface area contributed by atoms with Gasteiger partial charge in [-0.05, 0) is 24.8 Å². The fraction of sp³-hybridized carbons (Fsp3) is 0.600. The van der Waals surface area contributed by atoms with E-state index in [0.29, 0.717) is 19.3 Å². The first-order chi connectivity index (χ1) is 8.82. The Morgan fingerprint density at radius 3 is 2.89 bits per heavy atom. The fourth-order valence-corrected chi connectivity index (χ4v) is 3.23. The average molecular weight is 248 g/mol. The number of ether oxygens (including phenoxy) is 2. The van der Waals surface area contributed by atoms with Gasteiger partial charge in [-0.25, -0.2) is 0 Å². The molecule has 2 heterocycles. The van der Waals surface area contributed by atoms with Crippen molar-refractivity contribution in [2.45, 2.75) is 37.6 Å². The molecule has 2 aliphatic heterocycles. The lowest BCUT2D eigenvalue weighted by molar-refractivity contribution is -0.0840. The van der Waals surface area contributed by atoms with Gasteiger partial charge in [-0.2, -0.15) is 0 Å². The Bertz CT molecular complexity index is 392. The van der Waals surface area contributed by atoms with Crippen LogP contribution in [-0.2, 0) is 16.1 Å². The molecule has 1 aromatic rings.